The van der Waals surface area contributed by atoms with Gasteiger partial charge in [-0.25, -0.2) is 4.99 Å². The average Bonchev–Trinajstić information content (AvgIpc) is 3.07. The lowest BCUT2D eigenvalue weighted by Gasteiger charge is -2.16. The van der Waals surface area contributed by atoms with Crippen molar-refractivity contribution in [1.82, 2.24) is 25.2 Å². The van der Waals surface area contributed by atoms with Gasteiger partial charge in [-0.05, 0) is 25.1 Å². The van der Waals surface area contributed by atoms with Crippen molar-refractivity contribution in [2.45, 2.75) is 19.6 Å². The maximum absolute atomic E-state index is 10.4. The maximum atomic E-state index is 10.4. The molecular weight excluding hydrogens is 479 g/mol. The second-order valence-corrected chi connectivity index (χ2v) is 6.07. The number of pyridine rings is 1. The van der Waals surface area contributed by atoms with Gasteiger partial charge in [0, 0.05) is 29.9 Å². The number of aromatic nitrogens is 3. The molecule has 1 atom stereocenters. The molecule has 0 aliphatic heterocycles. The zero-order valence-electron chi connectivity index (χ0n) is 14.8. The monoisotopic (exact) mass is 500 g/mol. The van der Waals surface area contributed by atoms with Crippen LogP contribution in [0.25, 0.3) is 5.65 Å². The van der Waals surface area contributed by atoms with E-state index in [0.717, 1.165) is 11.5 Å². The van der Waals surface area contributed by atoms with Crippen molar-refractivity contribution in [3.05, 3.63) is 65.1 Å². The summed E-state index contributed by atoms with van der Waals surface area (Å²) in [5.74, 6) is 1.33. The summed E-state index contributed by atoms with van der Waals surface area (Å²) in [6.07, 6.45) is 1.17. The number of guanidine groups is 1. The number of aliphatic imine (C=N–C) groups is 1. The highest BCUT2D eigenvalue weighted by molar-refractivity contribution is 14.0. The molecule has 0 saturated carbocycles. The SMILES string of the molecule is CCNC(=NCc1nnc2ccccn12)NCC(O)c1ccccc1Cl.I. The molecule has 27 heavy (non-hydrogen) atoms. The molecule has 2 aromatic heterocycles. The summed E-state index contributed by atoms with van der Waals surface area (Å²) in [6.45, 7) is 3.33. The minimum absolute atomic E-state index is 0. The lowest BCUT2D eigenvalue weighted by molar-refractivity contribution is 0.181. The van der Waals surface area contributed by atoms with E-state index in [-0.39, 0.29) is 30.5 Å². The maximum Gasteiger partial charge on any atom is 0.191 e. The fraction of sp³-hybridized carbons (Fsp3) is 0.278. The zero-order valence-corrected chi connectivity index (χ0v) is 17.9. The summed E-state index contributed by atoms with van der Waals surface area (Å²) >= 11 is 6.13. The first-order chi connectivity index (χ1) is 12.7. The molecule has 3 N–H and O–H groups in total. The fourth-order valence-electron chi connectivity index (χ4n) is 2.54. The summed E-state index contributed by atoms with van der Waals surface area (Å²) in [5, 5.41) is 25.5. The molecule has 2 heterocycles. The Morgan fingerprint density at radius 1 is 1.19 bits per heavy atom. The normalized spacial score (nSPS) is 12.5. The van der Waals surface area contributed by atoms with Crippen molar-refractivity contribution in [1.29, 1.82) is 0 Å². The second-order valence-electron chi connectivity index (χ2n) is 5.66. The van der Waals surface area contributed by atoms with E-state index in [1.165, 1.54) is 0 Å². The van der Waals surface area contributed by atoms with E-state index < -0.39 is 6.10 Å². The highest BCUT2D eigenvalue weighted by Gasteiger charge is 2.12. The third-order valence-electron chi connectivity index (χ3n) is 3.83. The third-order valence-corrected chi connectivity index (χ3v) is 4.18. The Labute approximate surface area is 179 Å². The number of hydrogen-bond donors (Lipinski definition) is 3. The molecule has 0 amide bonds. The number of nitrogens with one attached hydrogen (secondary N) is 2. The standard InChI is InChI=1S/C18H21ClN6O.HI/c1-2-20-18(21-11-15(26)13-7-3-4-8-14(13)19)22-12-17-24-23-16-9-5-6-10-25(16)17;/h3-10,15,26H,2,11-12H2,1H3,(H2,20,21,22);1H. The minimum Gasteiger partial charge on any atom is -0.387 e. The number of benzene rings is 1. The van der Waals surface area contributed by atoms with E-state index in [1.54, 1.807) is 12.1 Å². The van der Waals surface area contributed by atoms with Crippen molar-refractivity contribution in [2.75, 3.05) is 13.1 Å². The van der Waals surface area contributed by atoms with Crippen LogP contribution < -0.4 is 10.6 Å². The molecule has 0 saturated heterocycles. The topological polar surface area (TPSA) is 86.8 Å². The predicted molar refractivity (Wildman–Crippen MR) is 118 cm³/mol. The Morgan fingerprint density at radius 2 is 1.96 bits per heavy atom. The first-order valence-corrected chi connectivity index (χ1v) is 8.80. The van der Waals surface area contributed by atoms with Gasteiger partial charge in [-0.3, -0.25) is 4.40 Å². The second kappa shape index (κ2) is 10.4. The molecule has 0 spiro atoms. The molecule has 0 fully saturated rings. The van der Waals surface area contributed by atoms with Gasteiger partial charge < -0.3 is 15.7 Å². The van der Waals surface area contributed by atoms with Crippen LogP contribution >= 0.6 is 35.6 Å². The van der Waals surface area contributed by atoms with Crippen LogP contribution in [0.3, 0.4) is 0 Å². The third kappa shape index (κ3) is 5.53. The summed E-state index contributed by atoms with van der Waals surface area (Å²) < 4.78 is 1.89. The number of aliphatic hydroxyl groups excluding tert-OH is 1. The van der Waals surface area contributed by atoms with Gasteiger partial charge in [0.1, 0.15) is 6.54 Å². The van der Waals surface area contributed by atoms with Crippen LogP contribution in [0.1, 0.15) is 24.4 Å². The number of halogens is 2. The van der Waals surface area contributed by atoms with Crippen molar-refractivity contribution < 1.29 is 5.11 Å². The smallest absolute Gasteiger partial charge is 0.191 e. The fourth-order valence-corrected chi connectivity index (χ4v) is 2.80. The van der Waals surface area contributed by atoms with E-state index in [1.807, 2.05) is 47.9 Å². The molecule has 0 radical (unpaired) electrons. The van der Waals surface area contributed by atoms with Crippen molar-refractivity contribution in [2.24, 2.45) is 4.99 Å². The van der Waals surface area contributed by atoms with Gasteiger partial charge >= 0.3 is 0 Å². The molecule has 3 aromatic rings. The summed E-state index contributed by atoms with van der Waals surface area (Å²) in [4.78, 5) is 4.52. The van der Waals surface area contributed by atoms with Gasteiger partial charge in [-0.1, -0.05) is 35.9 Å². The van der Waals surface area contributed by atoms with Gasteiger partial charge in [-0.15, -0.1) is 34.2 Å². The quantitative estimate of drug-likeness (QED) is 0.275. The van der Waals surface area contributed by atoms with Crippen molar-refractivity contribution >= 4 is 47.2 Å². The number of fused-ring (bicyclic) bond motifs is 1. The molecule has 1 aromatic carbocycles. The lowest BCUT2D eigenvalue weighted by atomic mass is 10.1. The molecule has 0 aliphatic carbocycles. The van der Waals surface area contributed by atoms with E-state index >= 15 is 0 Å². The molecule has 3 rings (SSSR count). The first-order valence-electron chi connectivity index (χ1n) is 8.42. The molecule has 0 bridgehead atoms. The van der Waals surface area contributed by atoms with E-state index in [2.05, 4.69) is 25.8 Å². The van der Waals surface area contributed by atoms with E-state index in [0.29, 0.717) is 29.6 Å². The van der Waals surface area contributed by atoms with Crippen LogP contribution in [-0.2, 0) is 6.54 Å². The first kappa shape index (κ1) is 21.4. The van der Waals surface area contributed by atoms with Gasteiger partial charge in [0.15, 0.2) is 17.4 Å². The lowest BCUT2D eigenvalue weighted by Crippen LogP contribution is -2.39. The van der Waals surface area contributed by atoms with Gasteiger partial charge in [-0.2, -0.15) is 0 Å². The van der Waals surface area contributed by atoms with Crippen LogP contribution in [0.4, 0.5) is 0 Å². The van der Waals surface area contributed by atoms with Gasteiger partial charge in [0.25, 0.3) is 0 Å². The predicted octanol–water partition coefficient (Wildman–Crippen LogP) is 2.79. The van der Waals surface area contributed by atoms with Crippen molar-refractivity contribution in [3.63, 3.8) is 0 Å². The van der Waals surface area contributed by atoms with E-state index in [9.17, 15) is 5.11 Å². The minimum atomic E-state index is -0.735. The average molecular weight is 501 g/mol. The summed E-state index contributed by atoms with van der Waals surface area (Å²) in [7, 11) is 0. The van der Waals surface area contributed by atoms with Crippen LogP contribution in [0.5, 0.6) is 0 Å². The molecule has 7 nitrogen and oxygen atoms in total. The molecule has 9 heteroatoms. The highest BCUT2D eigenvalue weighted by atomic mass is 127. The Balaban J connectivity index is 0.00000261. The summed E-state index contributed by atoms with van der Waals surface area (Å²) in [5.41, 5.74) is 1.46. The molecule has 1 unspecified atom stereocenters. The van der Waals surface area contributed by atoms with Crippen LogP contribution in [-0.4, -0.2) is 38.8 Å². The summed E-state index contributed by atoms with van der Waals surface area (Å²) in [6, 6.07) is 13.0. The molecule has 144 valence electrons. The van der Waals surface area contributed by atoms with Gasteiger partial charge in [0.05, 0.1) is 6.10 Å². The number of hydrogen-bond acceptors (Lipinski definition) is 4. The van der Waals surface area contributed by atoms with Gasteiger partial charge in [0.2, 0.25) is 0 Å². The Bertz CT molecular complexity index is 900. The highest BCUT2D eigenvalue weighted by Crippen LogP contribution is 2.21. The van der Waals surface area contributed by atoms with Crippen molar-refractivity contribution in [3.8, 4) is 0 Å². The number of rotatable bonds is 6. The largest absolute Gasteiger partial charge is 0.387 e. The van der Waals surface area contributed by atoms with E-state index in [4.69, 9.17) is 11.6 Å². The Hall–Kier alpha value is -1.91. The van der Waals surface area contributed by atoms with Crippen LogP contribution in [0.15, 0.2) is 53.7 Å². The molecule has 0 aliphatic rings. The number of aliphatic hydroxyl groups is 1. The van der Waals surface area contributed by atoms with Crippen LogP contribution in [0.2, 0.25) is 5.02 Å². The zero-order chi connectivity index (χ0) is 18.4. The molecular formula is C18H22ClIN6O. The Morgan fingerprint density at radius 3 is 2.74 bits per heavy atom. The Kier molecular flexibility index (Phi) is 8.26. The number of nitrogens with zero attached hydrogens (tertiary/aromatic N) is 4. The van der Waals surface area contributed by atoms with Crippen LogP contribution in [0, 0.1) is 0 Å².